The lowest BCUT2D eigenvalue weighted by molar-refractivity contribution is -0.0643. The Morgan fingerprint density at radius 1 is 1.05 bits per heavy atom. The van der Waals surface area contributed by atoms with Crippen LogP contribution in [0.4, 0.5) is 13.2 Å². The molecule has 0 aromatic carbocycles. The zero-order valence-electron chi connectivity index (χ0n) is 13.1. The molecular formula is C17H27F3O2. The minimum Gasteiger partial charge on any atom is -0.396 e. The number of allylic oxidation sites excluding steroid dienone is 1. The van der Waals surface area contributed by atoms with Crippen LogP contribution in [0.25, 0.3) is 0 Å². The van der Waals surface area contributed by atoms with Crippen molar-refractivity contribution in [1.82, 2.24) is 0 Å². The fraction of sp³-hybridized carbons (Fsp3) is 0.882. The first-order valence-corrected chi connectivity index (χ1v) is 8.34. The van der Waals surface area contributed by atoms with Gasteiger partial charge in [0.2, 0.25) is 0 Å². The molecule has 2 fully saturated rings. The lowest BCUT2D eigenvalue weighted by Gasteiger charge is -2.42. The molecule has 7 atom stereocenters. The molecule has 2 nitrogen and oxygen atoms in total. The van der Waals surface area contributed by atoms with E-state index in [2.05, 4.69) is 0 Å². The maximum Gasteiger partial charge on any atom is 0.136 e. The number of ether oxygens (including phenoxy) is 1. The largest absolute Gasteiger partial charge is 0.396 e. The Hall–Kier alpha value is -0.550. The highest BCUT2D eigenvalue weighted by Crippen LogP contribution is 2.44. The Bertz CT molecular complexity index is 364. The van der Waals surface area contributed by atoms with Gasteiger partial charge < -0.3 is 9.84 Å². The maximum absolute atomic E-state index is 14.4. The van der Waals surface area contributed by atoms with Gasteiger partial charge in [0.05, 0.1) is 12.7 Å². The third kappa shape index (κ3) is 4.05. The highest BCUT2D eigenvalue weighted by atomic mass is 19.2. The van der Waals surface area contributed by atoms with Gasteiger partial charge in [-0.15, -0.1) is 0 Å². The SMILES string of the molecule is C/C=C\COC1CCC(C2CCC(CO)C(F)C2F)C(F)C1. The van der Waals surface area contributed by atoms with Crippen molar-refractivity contribution in [3.05, 3.63) is 12.2 Å². The number of halogens is 3. The molecule has 2 rings (SSSR count). The molecule has 2 aliphatic carbocycles. The Balaban J connectivity index is 1.88. The summed E-state index contributed by atoms with van der Waals surface area (Å²) in [6.07, 6.45) is 1.58. The van der Waals surface area contributed by atoms with Crippen molar-refractivity contribution >= 4 is 0 Å². The summed E-state index contributed by atoms with van der Waals surface area (Å²) in [7, 11) is 0. The monoisotopic (exact) mass is 320 g/mol. The third-order valence-corrected chi connectivity index (χ3v) is 5.26. The van der Waals surface area contributed by atoms with Crippen molar-refractivity contribution in [3.8, 4) is 0 Å². The Morgan fingerprint density at radius 3 is 2.41 bits per heavy atom. The maximum atomic E-state index is 14.4. The number of hydrogen-bond acceptors (Lipinski definition) is 2. The average Bonchev–Trinajstić information content (AvgIpc) is 2.51. The zero-order chi connectivity index (χ0) is 16.1. The quantitative estimate of drug-likeness (QED) is 0.781. The molecule has 2 aliphatic rings. The summed E-state index contributed by atoms with van der Waals surface area (Å²) in [5, 5.41) is 9.06. The smallest absolute Gasteiger partial charge is 0.136 e. The summed E-state index contributed by atoms with van der Waals surface area (Å²) in [6.45, 7) is 2.03. The van der Waals surface area contributed by atoms with E-state index in [1.165, 1.54) is 0 Å². The van der Waals surface area contributed by atoms with Gasteiger partial charge in [0, 0.05) is 18.9 Å². The first kappa shape index (κ1) is 17.8. The van der Waals surface area contributed by atoms with E-state index in [0.29, 0.717) is 32.3 Å². The van der Waals surface area contributed by atoms with Crippen LogP contribution in [0.3, 0.4) is 0 Å². The first-order valence-electron chi connectivity index (χ1n) is 8.34. The second-order valence-electron chi connectivity index (χ2n) is 6.59. The molecule has 0 aromatic heterocycles. The third-order valence-electron chi connectivity index (χ3n) is 5.26. The van der Waals surface area contributed by atoms with Gasteiger partial charge >= 0.3 is 0 Å². The van der Waals surface area contributed by atoms with Gasteiger partial charge in [-0.25, -0.2) is 13.2 Å². The van der Waals surface area contributed by atoms with Crippen LogP contribution in [-0.4, -0.2) is 42.9 Å². The first-order chi connectivity index (χ1) is 10.6. The van der Waals surface area contributed by atoms with Gasteiger partial charge in [-0.3, -0.25) is 0 Å². The molecular weight excluding hydrogens is 293 g/mol. The highest BCUT2D eigenvalue weighted by Gasteiger charge is 2.46. The number of rotatable bonds is 5. The van der Waals surface area contributed by atoms with Crippen LogP contribution in [-0.2, 0) is 4.74 Å². The molecule has 7 unspecified atom stereocenters. The predicted octanol–water partition coefficient (Wildman–Crippen LogP) is 3.78. The lowest BCUT2D eigenvalue weighted by Crippen LogP contribution is -2.46. The average molecular weight is 320 g/mol. The standard InChI is InChI=1S/C17H27F3O2/c1-2-3-8-22-12-5-7-13(15(18)9-12)14-6-4-11(10-21)16(19)17(14)20/h2-3,11-17,21H,4-10H2,1H3/b3-2-. The second-order valence-corrected chi connectivity index (χ2v) is 6.59. The topological polar surface area (TPSA) is 29.5 Å². The molecule has 0 amide bonds. The van der Waals surface area contributed by atoms with Crippen molar-refractivity contribution < 1.29 is 23.0 Å². The fourth-order valence-electron chi connectivity index (χ4n) is 3.89. The number of aliphatic hydroxyl groups is 1. The Kier molecular flexibility index (Phi) is 6.75. The van der Waals surface area contributed by atoms with E-state index in [1.54, 1.807) is 0 Å². The molecule has 0 aliphatic heterocycles. The van der Waals surface area contributed by atoms with Crippen LogP contribution in [0, 0.1) is 17.8 Å². The van der Waals surface area contributed by atoms with Crippen molar-refractivity contribution in [1.29, 1.82) is 0 Å². The second kappa shape index (κ2) is 8.34. The molecule has 0 bridgehead atoms. The van der Waals surface area contributed by atoms with E-state index >= 15 is 0 Å². The Labute approximate surface area is 130 Å². The lowest BCUT2D eigenvalue weighted by atomic mass is 9.68. The molecule has 0 saturated heterocycles. The van der Waals surface area contributed by atoms with E-state index in [4.69, 9.17) is 9.84 Å². The molecule has 2 saturated carbocycles. The van der Waals surface area contributed by atoms with Crippen LogP contribution < -0.4 is 0 Å². The summed E-state index contributed by atoms with van der Waals surface area (Å²) in [6, 6.07) is 0. The molecule has 5 heteroatoms. The summed E-state index contributed by atoms with van der Waals surface area (Å²) >= 11 is 0. The molecule has 1 N–H and O–H groups in total. The van der Waals surface area contributed by atoms with Crippen LogP contribution in [0.5, 0.6) is 0 Å². The van der Waals surface area contributed by atoms with Gasteiger partial charge in [-0.05, 0) is 44.4 Å². The van der Waals surface area contributed by atoms with Gasteiger partial charge in [0.15, 0.2) is 0 Å². The van der Waals surface area contributed by atoms with E-state index in [-0.39, 0.29) is 19.1 Å². The summed E-state index contributed by atoms with van der Waals surface area (Å²) in [5.41, 5.74) is 0. The Morgan fingerprint density at radius 2 is 1.77 bits per heavy atom. The molecule has 0 spiro atoms. The predicted molar refractivity (Wildman–Crippen MR) is 79.9 cm³/mol. The van der Waals surface area contributed by atoms with Gasteiger partial charge in [0.25, 0.3) is 0 Å². The van der Waals surface area contributed by atoms with Crippen LogP contribution in [0.15, 0.2) is 12.2 Å². The van der Waals surface area contributed by atoms with Crippen LogP contribution in [0.2, 0.25) is 0 Å². The van der Waals surface area contributed by atoms with Crippen molar-refractivity contribution in [2.75, 3.05) is 13.2 Å². The minimum atomic E-state index is -1.67. The zero-order valence-corrected chi connectivity index (χ0v) is 13.1. The van der Waals surface area contributed by atoms with Crippen LogP contribution in [0.1, 0.15) is 39.0 Å². The van der Waals surface area contributed by atoms with E-state index < -0.39 is 36.3 Å². The van der Waals surface area contributed by atoms with Crippen molar-refractivity contribution in [2.24, 2.45) is 17.8 Å². The van der Waals surface area contributed by atoms with E-state index in [0.717, 1.165) is 0 Å². The number of hydrogen-bond donors (Lipinski definition) is 1. The summed E-state index contributed by atoms with van der Waals surface area (Å²) < 4.78 is 48.3. The highest BCUT2D eigenvalue weighted by molar-refractivity contribution is 4.95. The molecule has 0 aromatic rings. The van der Waals surface area contributed by atoms with Crippen LogP contribution >= 0.6 is 0 Å². The van der Waals surface area contributed by atoms with Crippen molar-refractivity contribution in [3.63, 3.8) is 0 Å². The summed E-state index contributed by atoms with van der Waals surface area (Å²) in [5.74, 6) is -1.62. The molecule has 128 valence electrons. The van der Waals surface area contributed by atoms with Gasteiger partial charge in [0.1, 0.15) is 18.5 Å². The number of aliphatic hydroxyl groups excluding tert-OH is 1. The van der Waals surface area contributed by atoms with E-state index in [1.807, 2.05) is 19.1 Å². The van der Waals surface area contributed by atoms with Crippen molar-refractivity contribution in [2.45, 2.75) is 63.6 Å². The molecule has 22 heavy (non-hydrogen) atoms. The number of alkyl halides is 3. The van der Waals surface area contributed by atoms with E-state index in [9.17, 15) is 13.2 Å². The molecule has 0 heterocycles. The minimum absolute atomic E-state index is 0.129. The normalized spacial score (nSPS) is 43.6. The summed E-state index contributed by atoms with van der Waals surface area (Å²) in [4.78, 5) is 0. The van der Waals surface area contributed by atoms with Gasteiger partial charge in [-0.1, -0.05) is 12.2 Å². The molecule has 0 radical (unpaired) electrons. The fourth-order valence-corrected chi connectivity index (χ4v) is 3.89. The van der Waals surface area contributed by atoms with Gasteiger partial charge in [-0.2, -0.15) is 0 Å².